The van der Waals surface area contributed by atoms with Crippen LogP contribution in [0.1, 0.15) is 34.1 Å². The molecular weight excluding hydrogens is 238 g/mol. The molecule has 0 heterocycles. The zero-order valence-corrected chi connectivity index (χ0v) is 12.1. The molecule has 100 valence electrons. The molecule has 0 bridgehead atoms. The number of hydrogen-bond donors (Lipinski definition) is 2. The highest BCUT2D eigenvalue weighted by molar-refractivity contribution is 7.98. The monoisotopic (exact) mass is 261 g/mol. The van der Waals surface area contributed by atoms with Gasteiger partial charge in [-0.3, -0.25) is 9.59 Å². The SMILES string of the molecule is CSCC(C)C(=O)NC(C)(CC(=O)O)C(C)C. The van der Waals surface area contributed by atoms with E-state index in [0.29, 0.717) is 0 Å². The van der Waals surface area contributed by atoms with Crippen LogP contribution in [-0.2, 0) is 9.59 Å². The van der Waals surface area contributed by atoms with Gasteiger partial charge in [0.25, 0.3) is 0 Å². The molecule has 0 aromatic rings. The van der Waals surface area contributed by atoms with E-state index in [1.54, 1.807) is 18.7 Å². The number of carbonyl (C=O) groups excluding carboxylic acids is 1. The zero-order valence-electron chi connectivity index (χ0n) is 11.2. The van der Waals surface area contributed by atoms with Gasteiger partial charge in [-0.05, 0) is 19.1 Å². The van der Waals surface area contributed by atoms with Crippen LogP contribution in [0, 0.1) is 11.8 Å². The van der Waals surface area contributed by atoms with Crippen LogP contribution in [0.3, 0.4) is 0 Å². The highest BCUT2D eigenvalue weighted by Crippen LogP contribution is 2.21. The minimum atomic E-state index is -0.890. The summed E-state index contributed by atoms with van der Waals surface area (Å²) in [5.74, 6) is -0.246. The number of nitrogens with one attached hydrogen (secondary N) is 1. The van der Waals surface area contributed by atoms with E-state index < -0.39 is 11.5 Å². The smallest absolute Gasteiger partial charge is 0.305 e. The molecule has 2 N–H and O–H groups in total. The third-order valence-electron chi connectivity index (χ3n) is 3.07. The van der Waals surface area contributed by atoms with E-state index in [1.165, 1.54) is 0 Å². The summed E-state index contributed by atoms with van der Waals surface area (Å²) >= 11 is 1.61. The third-order valence-corrected chi connectivity index (χ3v) is 3.90. The van der Waals surface area contributed by atoms with Crippen LogP contribution in [0.15, 0.2) is 0 Å². The van der Waals surface area contributed by atoms with E-state index in [9.17, 15) is 9.59 Å². The fourth-order valence-electron chi connectivity index (χ4n) is 1.44. The summed E-state index contributed by atoms with van der Waals surface area (Å²) in [5.41, 5.74) is -0.685. The van der Waals surface area contributed by atoms with Crippen molar-refractivity contribution in [2.75, 3.05) is 12.0 Å². The van der Waals surface area contributed by atoms with Crippen LogP contribution >= 0.6 is 11.8 Å². The highest BCUT2D eigenvalue weighted by Gasteiger charge is 2.33. The molecule has 1 amide bonds. The maximum atomic E-state index is 11.9. The van der Waals surface area contributed by atoms with E-state index in [1.807, 2.05) is 27.0 Å². The minimum absolute atomic E-state index is 0.0532. The molecule has 0 rings (SSSR count). The summed E-state index contributed by atoms with van der Waals surface area (Å²) < 4.78 is 0. The number of amides is 1. The van der Waals surface area contributed by atoms with Gasteiger partial charge in [0.2, 0.25) is 5.91 Å². The Kier molecular flexibility index (Phi) is 6.60. The number of rotatable bonds is 7. The summed E-state index contributed by atoms with van der Waals surface area (Å²) in [6, 6.07) is 0. The van der Waals surface area contributed by atoms with Crippen molar-refractivity contribution in [3.8, 4) is 0 Å². The van der Waals surface area contributed by atoms with Gasteiger partial charge < -0.3 is 10.4 Å². The standard InChI is InChI=1S/C12H23NO3S/c1-8(2)12(4,6-10(14)15)13-11(16)9(3)7-17-5/h8-9H,6-7H2,1-5H3,(H,13,16)(H,14,15). The van der Waals surface area contributed by atoms with E-state index >= 15 is 0 Å². The van der Waals surface area contributed by atoms with Gasteiger partial charge in [0.05, 0.1) is 6.42 Å². The van der Waals surface area contributed by atoms with E-state index in [0.717, 1.165) is 5.75 Å². The fraction of sp³-hybridized carbons (Fsp3) is 0.833. The molecule has 0 fully saturated rings. The van der Waals surface area contributed by atoms with Gasteiger partial charge >= 0.3 is 5.97 Å². The van der Waals surface area contributed by atoms with Crippen molar-refractivity contribution in [3.63, 3.8) is 0 Å². The van der Waals surface area contributed by atoms with E-state index in [-0.39, 0.29) is 24.2 Å². The Bertz CT molecular complexity index is 281. The largest absolute Gasteiger partial charge is 0.481 e. The summed E-state index contributed by atoms with van der Waals surface area (Å²) in [5, 5.41) is 11.8. The first-order chi connectivity index (χ1) is 7.73. The number of carboxylic acid groups (broad SMARTS) is 1. The summed E-state index contributed by atoms with van der Waals surface area (Å²) in [4.78, 5) is 22.8. The molecule has 2 unspecified atom stereocenters. The van der Waals surface area contributed by atoms with Crippen LogP contribution in [0.2, 0.25) is 0 Å². The van der Waals surface area contributed by atoms with Gasteiger partial charge in [-0.15, -0.1) is 0 Å². The highest BCUT2D eigenvalue weighted by atomic mass is 32.2. The first-order valence-corrected chi connectivity index (χ1v) is 7.15. The second-order valence-electron chi connectivity index (χ2n) is 4.99. The first kappa shape index (κ1) is 16.3. The molecule has 0 aromatic heterocycles. The quantitative estimate of drug-likeness (QED) is 0.735. The molecule has 0 saturated heterocycles. The number of aliphatic carboxylic acids is 1. The van der Waals surface area contributed by atoms with Gasteiger partial charge in [0.1, 0.15) is 0 Å². The van der Waals surface area contributed by atoms with Crippen molar-refractivity contribution in [3.05, 3.63) is 0 Å². The lowest BCUT2D eigenvalue weighted by molar-refractivity contribution is -0.139. The van der Waals surface area contributed by atoms with Gasteiger partial charge in [0.15, 0.2) is 0 Å². The van der Waals surface area contributed by atoms with Crippen molar-refractivity contribution in [2.24, 2.45) is 11.8 Å². The number of carbonyl (C=O) groups is 2. The number of hydrogen-bond acceptors (Lipinski definition) is 3. The Balaban J connectivity index is 4.65. The maximum Gasteiger partial charge on any atom is 0.305 e. The molecule has 0 aliphatic carbocycles. The fourth-order valence-corrected chi connectivity index (χ4v) is 2.09. The summed E-state index contributed by atoms with van der Waals surface area (Å²) in [6.45, 7) is 7.48. The molecule has 0 aliphatic rings. The Labute approximate surface area is 108 Å². The molecule has 4 nitrogen and oxygen atoms in total. The summed E-state index contributed by atoms with van der Waals surface area (Å²) in [7, 11) is 0. The van der Waals surface area contributed by atoms with Crippen LogP contribution in [0.4, 0.5) is 0 Å². The first-order valence-electron chi connectivity index (χ1n) is 5.75. The van der Waals surface area contributed by atoms with Crippen molar-refractivity contribution in [1.29, 1.82) is 0 Å². The Morgan fingerprint density at radius 2 is 1.88 bits per heavy atom. The van der Waals surface area contributed by atoms with Gasteiger partial charge in [-0.2, -0.15) is 11.8 Å². The maximum absolute atomic E-state index is 11.9. The third kappa shape index (κ3) is 5.44. The van der Waals surface area contributed by atoms with Crippen LogP contribution in [0.5, 0.6) is 0 Å². The van der Waals surface area contributed by atoms with Gasteiger partial charge in [-0.1, -0.05) is 20.8 Å². The molecule has 17 heavy (non-hydrogen) atoms. The second-order valence-corrected chi connectivity index (χ2v) is 5.90. The second kappa shape index (κ2) is 6.89. The number of thioether (sulfide) groups is 1. The average molecular weight is 261 g/mol. The lowest BCUT2D eigenvalue weighted by Crippen LogP contribution is -2.53. The number of carboxylic acids is 1. The van der Waals surface area contributed by atoms with Crippen molar-refractivity contribution in [1.82, 2.24) is 5.32 Å². The van der Waals surface area contributed by atoms with E-state index in [4.69, 9.17) is 5.11 Å². The summed E-state index contributed by atoms with van der Waals surface area (Å²) in [6.07, 6.45) is 1.89. The molecule has 0 radical (unpaired) electrons. The molecule has 2 atom stereocenters. The minimum Gasteiger partial charge on any atom is -0.481 e. The normalized spacial score (nSPS) is 16.4. The van der Waals surface area contributed by atoms with Crippen LogP contribution < -0.4 is 5.32 Å². The van der Waals surface area contributed by atoms with Gasteiger partial charge in [-0.25, -0.2) is 0 Å². The Morgan fingerprint density at radius 1 is 1.35 bits per heavy atom. The molecule has 0 spiro atoms. The average Bonchev–Trinajstić information content (AvgIpc) is 2.16. The Hall–Kier alpha value is -0.710. The molecule has 5 heteroatoms. The molecule has 0 saturated carbocycles. The predicted molar refractivity (Wildman–Crippen MR) is 71.2 cm³/mol. The zero-order chi connectivity index (χ0) is 13.6. The lowest BCUT2D eigenvalue weighted by Gasteiger charge is -2.34. The topological polar surface area (TPSA) is 66.4 Å². The van der Waals surface area contributed by atoms with Crippen molar-refractivity contribution < 1.29 is 14.7 Å². The van der Waals surface area contributed by atoms with Crippen LogP contribution in [0.25, 0.3) is 0 Å². The van der Waals surface area contributed by atoms with Crippen molar-refractivity contribution >= 4 is 23.6 Å². The van der Waals surface area contributed by atoms with Crippen molar-refractivity contribution in [2.45, 2.75) is 39.7 Å². The van der Waals surface area contributed by atoms with Crippen LogP contribution in [-0.4, -0.2) is 34.5 Å². The predicted octanol–water partition coefficient (Wildman–Crippen LogP) is 1.99. The molecular formula is C12H23NO3S. The Morgan fingerprint density at radius 3 is 2.24 bits per heavy atom. The van der Waals surface area contributed by atoms with E-state index in [2.05, 4.69) is 5.32 Å². The lowest BCUT2D eigenvalue weighted by atomic mass is 9.84. The molecule has 0 aliphatic heterocycles. The van der Waals surface area contributed by atoms with Gasteiger partial charge in [0, 0.05) is 17.2 Å². The molecule has 0 aromatic carbocycles.